The minimum atomic E-state index is -3.48. The highest BCUT2D eigenvalue weighted by Gasteiger charge is 2.26. The van der Waals surface area contributed by atoms with Crippen LogP contribution in [0.5, 0.6) is 0 Å². The molecule has 0 aliphatic carbocycles. The third-order valence-corrected chi connectivity index (χ3v) is 4.95. The molecular weight excluding hydrogens is 283 g/mol. The van der Waals surface area contributed by atoms with Gasteiger partial charge in [0.15, 0.2) is 0 Å². The zero-order valence-electron chi connectivity index (χ0n) is 9.07. The van der Waals surface area contributed by atoms with Gasteiger partial charge in [-0.15, -0.1) is 0 Å². The molecule has 0 atom stereocenters. The van der Waals surface area contributed by atoms with Crippen LogP contribution in [0.25, 0.3) is 0 Å². The first kappa shape index (κ1) is 13.1. The van der Waals surface area contributed by atoms with Crippen molar-refractivity contribution in [2.24, 2.45) is 0 Å². The average Bonchev–Trinajstić information content (AvgIpc) is 2.29. The van der Waals surface area contributed by atoms with E-state index >= 15 is 0 Å². The second kappa shape index (κ2) is 5.10. The maximum absolute atomic E-state index is 12.3. The summed E-state index contributed by atoms with van der Waals surface area (Å²) in [6.45, 7) is 1.11. The molecule has 0 aromatic carbocycles. The Morgan fingerprint density at radius 3 is 2.12 bits per heavy atom. The molecule has 1 aromatic heterocycles. The van der Waals surface area contributed by atoms with E-state index in [4.69, 9.17) is 23.2 Å². The monoisotopic (exact) mass is 294 g/mol. The number of pyridine rings is 1. The van der Waals surface area contributed by atoms with Gasteiger partial charge in [-0.3, -0.25) is 0 Å². The van der Waals surface area contributed by atoms with Crippen molar-refractivity contribution >= 4 is 33.2 Å². The molecule has 0 amide bonds. The normalized spacial score (nSPS) is 18.2. The average molecular weight is 295 g/mol. The van der Waals surface area contributed by atoms with Crippen LogP contribution in [0.4, 0.5) is 0 Å². The zero-order chi connectivity index (χ0) is 12.5. The fraction of sp³-hybridized carbons (Fsp3) is 0.500. The lowest BCUT2D eigenvalue weighted by Crippen LogP contribution is -2.35. The summed E-state index contributed by atoms with van der Waals surface area (Å²) in [5.74, 6) is 0. The molecule has 1 saturated heterocycles. The molecule has 1 fully saturated rings. The number of hydrogen-bond donors (Lipinski definition) is 0. The fourth-order valence-electron chi connectivity index (χ4n) is 1.85. The van der Waals surface area contributed by atoms with E-state index in [0.29, 0.717) is 13.1 Å². The van der Waals surface area contributed by atoms with Gasteiger partial charge in [-0.25, -0.2) is 13.4 Å². The first-order valence-electron chi connectivity index (χ1n) is 5.33. The number of halogens is 2. The predicted molar refractivity (Wildman–Crippen MR) is 66.9 cm³/mol. The van der Waals surface area contributed by atoms with Crippen LogP contribution >= 0.6 is 23.2 Å². The number of piperidine rings is 1. The Morgan fingerprint density at radius 1 is 1.06 bits per heavy atom. The molecule has 0 N–H and O–H groups in total. The standard InChI is InChI=1S/C10H12Cl2N2O2S/c11-9-6-8(7-10(12)13-9)17(15,16)14-4-2-1-3-5-14/h6-7H,1-5H2. The molecule has 0 bridgehead atoms. The van der Waals surface area contributed by atoms with Gasteiger partial charge in [0.2, 0.25) is 10.0 Å². The van der Waals surface area contributed by atoms with Crippen LogP contribution in [0, 0.1) is 0 Å². The molecule has 1 aromatic rings. The molecule has 0 radical (unpaired) electrons. The SMILES string of the molecule is O=S(=O)(c1cc(Cl)nc(Cl)c1)N1CCCCC1. The molecule has 4 nitrogen and oxygen atoms in total. The molecular formula is C10H12Cl2N2O2S. The first-order valence-corrected chi connectivity index (χ1v) is 7.53. The summed E-state index contributed by atoms with van der Waals surface area (Å²) < 4.78 is 26.0. The summed E-state index contributed by atoms with van der Waals surface area (Å²) in [6, 6.07) is 2.66. The molecule has 1 aliphatic heterocycles. The summed E-state index contributed by atoms with van der Waals surface area (Å²) >= 11 is 11.4. The molecule has 94 valence electrons. The lowest BCUT2D eigenvalue weighted by Gasteiger charge is -2.25. The smallest absolute Gasteiger partial charge is 0.224 e. The molecule has 0 saturated carbocycles. The van der Waals surface area contributed by atoms with Gasteiger partial charge < -0.3 is 0 Å². The Hall–Kier alpha value is -0.360. The van der Waals surface area contributed by atoms with E-state index in [0.717, 1.165) is 19.3 Å². The van der Waals surface area contributed by atoms with Gasteiger partial charge in [0, 0.05) is 13.1 Å². The van der Waals surface area contributed by atoms with Gasteiger partial charge in [-0.1, -0.05) is 29.6 Å². The van der Waals surface area contributed by atoms with Crippen LogP contribution in [0.2, 0.25) is 10.3 Å². The molecule has 17 heavy (non-hydrogen) atoms. The Balaban J connectivity index is 2.36. The van der Waals surface area contributed by atoms with Gasteiger partial charge >= 0.3 is 0 Å². The van der Waals surface area contributed by atoms with Gasteiger partial charge in [0.1, 0.15) is 10.3 Å². The van der Waals surface area contributed by atoms with Gasteiger partial charge in [-0.05, 0) is 25.0 Å². The minimum absolute atomic E-state index is 0.0908. The quantitative estimate of drug-likeness (QED) is 0.788. The Morgan fingerprint density at radius 2 is 1.59 bits per heavy atom. The molecule has 0 unspecified atom stereocenters. The van der Waals surface area contributed by atoms with Gasteiger partial charge in [0.05, 0.1) is 4.90 Å². The highest BCUT2D eigenvalue weighted by Crippen LogP contribution is 2.24. The van der Waals surface area contributed by atoms with E-state index in [9.17, 15) is 8.42 Å². The van der Waals surface area contributed by atoms with E-state index in [1.807, 2.05) is 0 Å². The summed E-state index contributed by atoms with van der Waals surface area (Å²) in [4.78, 5) is 3.86. The number of sulfonamides is 1. The Kier molecular flexibility index (Phi) is 3.92. The largest absolute Gasteiger partial charge is 0.243 e. The maximum atomic E-state index is 12.3. The highest BCUT2D eigenvalue weighted by atomic mass is 35.5. The van der Waals surface area contributed by atoms with Crippen LogP contribution in [0.3, 0.4) is 0 Å². The zero-order valence-corrected chi connectivity index (χ0v) is 11.4. The number of aromatic nitrogens is 1. The van der Waals surface area contributed by atoms with E-state index in [-0.39, 0.29) is 15.2 Å². The van der Waals surface area contributed by atoms with Crippen molar-refractivity contribution in [3.63, 3.8) is 0 Å². The molecule has 2 heterocycles. The third kappa shape index (κ3) is 2.91. The fourth-order valence-corrected chi connectivity index (χ4v) is 3.99. The van der Waals surface area contributed by atoms with Crippen LogP contribution in [-0.4, -0.2) is 30.8 Å². The summed E-state index contributed by atoms with van der Waals surface area (Å²) in [5.41, 5.74) is 0. The van der Waals surface area contributed by atoms with E-state index in [1.54, 1.807) is 0 Å². The lowest BCUT2D eigenvalue weighted by atomic mass is 10.2. The van der Waals surface area contributed by atoms with Gasteiger partial charge in [0.25, 0.3) is 0 Å². The second-order valence-corrected chi connectivity index (χ2v) is 6.63. The van der Waals surface area contributed by atoms with Crippen molar-refractivity contribution in [2.45, 2.75) is 24.2 Å². The molecule has 7 heteroatoms. The van der Waals surface area contributed by atoms with Crippen molar-refractivity contribution in [3.05, 3.63) is 22.4 Å². The number of hydrogen-bond acceptors (Lipinski definition) is 3. The summed E-state index contributed by atoms with van der Waals surface area (Å²) in [5, 5.41) is 0.182. The van der Waals surface area contributed by atoms with Crippen LogP contribution in [-0.2, 0) is 10.0 Å². The van der Waals surface area contributed by atoms with E-state index < -0.39 is 10.0 Å². The van der Waals surface area contributed by atoms with Gasteiger partial charge in [-0.2, -0.15) is 4.31 Å². The molecule has 1 aliphatic rings. The van der Waals surface area contributed by atoms with Crippen LogP contribution in [0.1, 0.15) is 19.3 Å². The van der Waals surface area contributed by atoms with Crippen molar-refractivity contribution in [3.8, 4) is 0 Å². The Labute approximate surface area is 111 Å². The lowest BCUT2D eigenvalue weighted by molar-refractivity contribution is 0.346. The Bertz CT molecular complexity index is 493. The maximum Gasteiger partial charge on any atom is 0.243 e. The van der Waals surface area contributed by atoms with E-state index in [1.165, 1.54) is 16.4 Å². The van der Waals surface area contributed by atoms with Crippen molar-refractivity contribution in [1.29, 1.82) is 0 Å². The summed E-state index contributed by atoms with van der Waals surface area (Å²) in [6.07, 6.45) is 2.86. The van der Waals surface area contributed by atoms with Crippen molar-refractivity contribution in [2.75, 3.05) is 13.1 Å². The van der Waals surface area contributed by atoms with Crippen molar-refractivity contribution in [1.82, 2.24) is 9.29 Å². The van der Waals surface area contributed by atoms with Crippen LogP contribution in [0.15, 0.2) is 17.0 Å². The van der Waals surface area contributed by atoms with Crippen molar-refractivity contribution < 1.29 is 8.42 Å². The van der Waals surface area contributed by atoms with Crippen LogP contribution < -0.4 is 0 Å². The number of nitrogens with zero attached hydrogens (tertiary/aromatic N) is 2. The topological polar surface area (TPSA) is 50.3 Å². The van der Waals surface area contributed by atoms with E-state index in [2.05, 4.69) is 4.98 Å². The first-order chi connectivity index (χ1) is 8.00. The summed E-state index contributed by atoms with van der Waals surface area (Å²) in [7, 11) is -3.48. The predicted octanol–water partition coefficient (Wildman–Crippen LogP) is 2.56. The second-order valence-electron chi connectivity index (χ2n) is 3.91. The minimum Gasteiger partial charge on any atom is -0.224 e. The molecule has 0 spiro atoms. The third-order valence-electron chi connectivity index (χ3n) is 2.69. The number of rotatable bonds is 2. The highest BCUT2D eigenvalue weighted by molar-refractivity contribution is 7.89. The molecule has 2 rings (SSSR count).